The van der Waals surface area contributed by atoms with E-state index in [1.807, 2.05) is 45.9 Å². The summed E-state index contributed by atoms with van der Waals surface area (Å²) in [5.74, 6) is -0.269. The number of nitrogens with zero attached hydrogens (tertiary/aromatic N) is 1. The Bertz CT molecular complexity index is 940. The smallest absolute Gasteiger partial charge is 0.255 e. The number of para-hydroxylation sites is 1. The predicted octanol–water partition coefficient (Wildman–Crippen LogP) is 3.35. The highest BCUT2D eigenvalue weighted by atomic mass is 32.2. The van der Waals surface area contributed by atoms with E-state index >= 15 is 0 Å². The molecule has 0 unspecified atom stereocenters. The summed E-state index contributed by atoms with van der Waals surface area (Å²) in [7, 11) is -3.62. The highest BCUT2D eigenvalue weighted by Gasteiger charge is 2.32. The molecule has 1 amide bonds. The van der Waals surface area contributed by atoms with Crippen molar-refractivity contribution in [2.75, 3.05) is 18.4 Å². The van der Waals surface area contributed by atoms with Crippen molar-refractivity contribution in [2.24, 2.45) is 0 Å². The molecule has 2 aromatic rings. The van der Waals surface area contributed by atoms with Gasteiger partial charge in [0.25, 0.3) is 5.91 Å². The molecule has 1 fully saturated rings. The fourth-order valence-electron chi connectivity index (χ4n) is 3.45. The van der Waals surface area contributed by atoms with Crippen molar-refractivity contribution in [3.05, 3.63) is 59.2 Å². The van der Waals surface area contributed by atoms with E-state index in [1.54, 1.807) is 12.1 Å². The third kappa shape index (κ3) is 4.27. The van der Waals surface area contributed by atoms with Gasteiger partial charge in [-0.15, -0.1) is 0 Å². The summed E-state index contributed by atoms with van der Waals surface area (Å²) in [6.45, 7) is 8.23. The van der Waals surface area contributed by atoms with Crippen LogP contribution < -0.4 is 5.32 Å². The number of hydrogen-bond donors (Lipinski definition) is 1. The molecule has 1 aliphatic heterocycles. The van der Waals surface area contributed by atoms with Gasteiger partial charge in [-0.1, -0.05) is 18.2 Å². The third-order valence-corrected chi connectivity index (χ3v) is 6.71. The Morgan fingerprint density at radius 3 is 2.07 bits per heavy atom. The number of anilines is 1. The second-order valence-corrected chi connectivity index (χ2v) is 9.26. The maximum atomic E-state index is 12.9. The lowest BCUT2D eigenvalue weighted by Crippen LogP contribution is -2.48. The molecule has 1 saturated heterocycles. The van der Waals surface area contributed by atoms with Crippen molar-refractivity contribution < 1.29 is 17.9 Å². The zero-order valence-electron chi connectivity index (χ0n) is 16.6. The van der Waals surface area contributed by atoms with Crippen LogP contribution >= 0.6 is 0 Å². The number of morpholine rings is 1. The quantitative estimate of drug-likeness (QED) is 0.851. The Hall–Kier alpha value is -2.22. The summed E-state index contributed by atoms with van der Waals surface area (Å²) in [5.41, 5.74) is 3.14. The minimum absolute atomic E-state index is 0.152. The molecule has 3 rings (SSSR count). The Labute approximate surface area is 166 Å². The molecule has 1 heterocycles. The Balaban J connectivity index is 1.78. The van der Waals surface area contributed by atoms with Crippen molar-refractivity contribution in [2.45, 2.75) is 44.8 Å². The summed E-state index contributed by atoms with van der Waals surface area (Å²) in [6.07, 6.45) is -0.304. The normalized spacial score (nSPS) is 20.7. The summed E-state index contributed by atoms with van der Waals surface area (Å²) in [4.78, 5) is 12.8. The van der Waals surface area contributed by atoms with Crippen LogP contribution in [0.2, 0.25) is 0 Å². The largest absolute Gasteiger partial charge is 0.373 e. The first-order valence-electron chi connectivity index (χ1n) is 9.31. The number of ether oxygens (including phenoxy) is 1. The fourth-order valence-corrected chi connectivity index (χ4v) is 5.04. The van der Waals surface area contributed by atoms with Crippen molar-refractivity contribution in [1.29, 1.82) is 0 Å². The van der Waals surface area contributed by atoms with Gasteiger partial charge in [0.15, 0.2) is 0 Å². The summed E-state index contributed by atoms with van der Waals surface area (Å²) in [6, 6.07) is 11.9. The number of sulfonamides is 1. The molecule has 1 N–H and O–H groups in total. The van der Waals surface area contributed by atoms with Gasteiger partial charge in [-0.2, -0.15) is 4.31 Å². The van der Waals surface area contributed by atoms with Crippen LogP contribution in [-0.4, -0.2) is 43.9 Å². The van der Waals surface area contributed by atoms with Gasteiger partial charge in [-0.25, -0.2) is 8.42 Å². The second kappa shape index (κ2) is 8.03. The van der Waals surface area contributed by atoms with Crippen LogP contribution in [0, 0.1) is 13.8 Å². The average molecular weight is 403 g/mol. The number of carbonyl (C=O) groups is 1. The van der Waals surface area contributed by atoms with E-state index in [9.17, 15) is 13.2 Å². The van der Waals surface area contributed by atoms with Gasteiger partial charge in [0.05, 0.1) is 17.1 Å². The molecule has 150 valence electrons. The van der Waals surface area contributed by atoms with Crippen LogP contribution in [0.1, 0.15) is 35.3 Å². The highest BCUT2D eigenvalue weighted by Crippen LogP contribution is 2.23. The molecule has 0 saturated carbocycles. The van der Waals surface area contributed by atoms with Gasteiger partial charge in [-0.05, 0) is 63.1 Å². The molecule has 28 heavy (non-hydrogen) atoms. The minimum atomic E-state index is -3.62. The van der Waals surface area contributed by atoms with Crippen molar-refractivity contribution in [3.63, 3.8) is 0 Å². The lowest BCUT2D eigenvalue weighted by atomic mass is 10.1. The molecule has 0 aliphatic carbocycles. The molecule has 6 nitrogen and oxygen atoms in total. The van der Waals surface area contributed by atoms with E-state index in [1.165, 1.54) is 16.4 Å². The van der Waals surface area contributed by atoms with E-state index in [0.717, 1.165) is 16.8 Å². The van der Waals surface area contributed by atoms with Crippen molar-refractivity contribution in [3.8, 4) is 0 Å². The average Bonchev–Trinajstić information content (AvgIpc) is 2.64. The van der Waals surface area contributed by atoms with E-state index in [-0.39, 0.29) is 23.0 Å². The Morgan fingerprint density at radius 2 is 1.54 bits per heavy atom. The van der Waals surface area contributed by atoms with Crippen molar-refractivity contribution in [1.82, 2.24) is 4.31 Å². The van der Waals surface area contributed by atoms with Crippen LogP contribution in [0.5, 0.6) is 0 Å². The zero-order valence-corrected chi connectivity index (χ0v) is 17.4. The van der Waals surface area contributed by atoms with Gasteiger partial charge < -0.3 is 10.1 Å². The van der Waals surface area contributed by atoms with Gasteiger partial charge in [0.1, 0.15) is 0 Å². The Kier molecular flexibility index (Phi) is 5.88. The van der Waals surface area contributed by atoms with Crippen molar-refractivity contribution >= 4 is 21.6 Å². The molecule has 7 heteroatoms. The first-order valence-corrected chi connectivity index (χ1v) is 10.8. The molecule has 2 atom stereocenters. The van der Waals surface area contributed by atoms with Crippen LogP contribution in [0.3, 0.4) is 0 Å². The molecular formula is C21H26N2O4S. The summed E-state index contributed by atoms with van der Waals surface area (Å²) in [5, 5.41) is 2.91. The maximum Gasteiger partial charge on any atom is 0.255 e. The molecule has 0 radical (unpaired) electrons. The lowest BCUT2D eigenvalue weighted by molar-refractivity contribution is -0.0440. The molecule has 1 aliphatic rings. The van der Waals surface area contributed by atoms with E-state index < -0.39 is 10.0 Å². The standard InChI is InChI=1S/C21H26N2O4S/c1-14-6-5-7-15(2)20(14)22-21(24)18-8-10-19(11-9-18)28(25,26)23-12-16(3)27-17(4)13-23/h5-11,16-17H,12-13H2,1-4H3,(H,22,24)/t16-,17-/m1/s1. The minimum Gasteiger partial charge on any atom is -0.373 e. The van der Waals surface area contributed by atoms with E-state index in [4.69, 9.17) is 4.74 Å². The number of nitrogens with one attached hydrogen (secondary N) is 1. The zero-order chi connectivity index (χ0) is 20.5. The van der Waals surface area contributed by atoms with Crippen LogP contribution in [-0.2, 0) is 14.8 Å². The molecule has 0 aromatic heterocycles. The van der Waals surface area contributed by atoms with Crippen LogP contribution in [0.4, 0.5) is 5.69 Å². The molecule has 0 spiro atoms. The first kappa shape index (κ1) is 20.5. The Morgan fingerprint density at radius 1 is 1.00 bits per heavy atom. The topological polar surface area (TPSA) is 75.7 Å². The third-order valence-electron chi connectivity index (χ3n) is 4.86. The number of carbonyl (C=O) groups excluding carboxylic acids is 1. The van der Waals surface area contributed by atoms with E-state index in [2.05, 4.69) is 5.32 Å². The summed E-state index contributed by atoms with van der Waals surface area (Å²) < 4.78 is 32.9. The number of amides is 1. The van der Waals surface area contributed by atoms with Gasteiger partial charge in [-0.3, -0.25) is 4.79 Å². The second-order valence-electron chi connectivity index (χ2n) is 7.32. The first-order chi connectivity index (χ1) is 13.2. The molecular weight excluding hydrogens is 376 g/mol. The number of rotatable bonds is 4. The van der Waals surface area contributed by atoms with Gasteiger partial charge >= 0.3 is 0 Å². The lowest BCUT2D eigenvalue weighted by Gasteiger charge is -2.34. The fraction of sp³-hybridized carbons (Fsp3) is 0.381. The molecule has 0 bridgehead atoms. The number of hydrogen-bond acceptors (Lipinski definition) is 4. The number of aryl methyl sites for hydroxylation is 2. The van der Waals surface area contributed by atoms with Crippen LogP contribution in [0.25, 0.3) is 0 Å². The SMILES string of the molecule is Cc1cccc(C)c1NC(=O)c1ccc(S(=O)(=O)N2C[C@@H](C)O[C@H](C)C2)cc1. The predicted molar refractivity (Wildman–Crippen MR) is 109 cm³/mol. The maximum absolute atomic E-state index is 12.9. The number of benzene rings is 2. The van der Waals surface area contributed by atoms with E-state index in [0.29, 0.717) is 18.7 Å². The molecule has 2 aromatic carbocycles. The highest BCUT2D eigenvalue weighted by molar-refractivity contribution is 7.89. The van der Waals surface area contributed by atoms with Crippen LogP contribution in [0.15, 0.2) is 47.4 Å². The van der Waals surface area contributed by atoms with Gasteiger partial charge in [0.2, 0.25) is 10.0 Å². The monoisotopic (exact) mass is 402 g/mol. The summed E-state index contributed by atoms with van der Waals surface area (Å²) >= 11 is 0. The van der Waals surface area contributed by atoms with Gasteiger partial charge in [0, 0.05) is 24.3 Å².